The van der Waals surface area contributed by atoms with Crippen LogP contribution in [-0.2, 0) is 6.42 Å². The van der Waals surface area contributed by atoms with Gasteiger partial charge >= 0.3 is 0 Å². The molecule has 0 aliphatic rings. The van der Waals surface area contributed by atoms with Crippen LogP contribution in [0.25, 0.3) is 21.9 Å². The van der Waals surface area contributed by atoms with Gasteiger partial charge in [-0.15, -0.1) is 0 Å². The molecule has 0 aromatic heterocycles. The third-order valence-corrected chi connectivity index (χ3v) is 5.22. The first-order valence-corrected chi connectivity index (χ1v) is 10.2. The van der Waals surface area contributed by atoms with E-state index in [0.29, 0.717) is 10.8 Å². The Morgan fingerprint density at radius 2 is 1.20 bits per heavy atom. The maximum atomic E-state index is 13.5. The first-order valence-electron chi connectivity index (χ1n) is 10.2. The van der Waals surface area contributed by atoms with E-state index >= 15 is 0 Å². The average Bonchev–Trinajstić information content (AvgIpc) is 2.78. The fourth-order valence-corrected chi connectivity index (χ4v) is 3.46. The topological polar surface area (TPSA) is 0 Å². The van der Waals surface area contributed by atoms with Gasteiger partial charge in [0.2, 0.25) is 0 Å². The predicted octanol–water partition coefficient (Wildman–Crippen LogP) is 7.53. The van der Waals surface area contributed by atoms with E-state index in [9.17, 15) is 8.78 Å². The van der Waals surface area contributed by atoms with Crippen molar-refractivity contribution in [2.75, 3.05) is 0 Å². The molecule has 0 heterocycles. The van der Waals surface area contributed by atoms with Gasteiger partial charge < -0.3 is 0 Å². The van der Waals surface area contributed by atoms with Crippen molar-refractivity contribution in [3.63, 3.8) is 0 Å². The highest BCUT2D eigenvalue weighted by atomic mass is 19.2. The van der Waals surface area contributed by atoms with E-state index in [1.807, 2.05) is 18.2 Å². The summed E-state index contributed by atoms with van der Waals surface area (Å²) < 4.78 is 26.8. The smallest absolute Gasteiger partial charge is 0.159 e. The Morgan fingerprint density at radius 1 is 0.633 bits per heavy atom. The highest BCUT2D eigenvalue weighted by Gasteiger charge is 2.04. The molecule has 0 fully saturated rings. The van der Waals surface area contributed by atoms with Gasteiger partial charge in [-0.05, 0) is 76.7 Å². The molecular weight excluding hydrogens is 374 g/mol. The Balaban J connectivity index is 1.51. The molecule has 0 atom stereocenters. The molecule has 2 heteroatoms. The molecule has 0 N–H and O–H groups in total. The van der Waals surface area contributed by atoms with Crippen molar-refractivity contribution in [3.8, 4) is 23.0 Å². The van der Waals surface area contributed by atoms with Crippen LogP contribution in [0.15, 0.2) is 78.9 Å². The first-order chi connectivity index (χ1) is 14.6. The maximum absolute atomic E-state index is 13.5. The molecule has 0 aliphatic carbocycles. The highest BCUT2D eigenvalue weighted by Crippen LogP contribution is 2.22. The van der Waals surface area contributed by atoms with Crippen LogP contribution in [0.3, 0.4) is 0 Å². The lowest BCUT2D eigenvalue weighted by molar-refractivity contribution is 0.511. The Morgan fingerprint density at radius 3 is 1.87 bits per heavy atom. The summed E-state index contributed by atoms with van der Waals surface area (Å²) in [5.41, 5.74) is 5.40. The van der Waals surface area contributed by atoms with Gasteiger partial charge in [0.1, 0.15) is 0 Å². The van der Waals surface area contributed by atoms with Crippen molar-refractivity contribution >= 4 is 10.8 Å². The molecule has 0 unspecified atom stereocenters. The maximum Gasteiger partial charge on any atom is 0.159 e. The van der Waals surface area contributed by atoms with Crippen LogP contribution >= 0.6 is 0 Å². The monoisotopic (exact) mass is 396 g/mol. The summed E-state index contributed by atoms with van der Waals surface area (Å²) >= 11 is 0. The van der Waals surface area contributed by atoms with Crippen LogP contribution in [0, 0.1) is 23.5 Å². The van der Waals surface area contributed by atoms with E-state index in [-0.39, 0.29) is 0 Å². The molecule has 30 heavy (non-hydrogen) atoms. The molecule has 4 rings (SSSR count). The third-order valence-electron chi connectivity index (χ3n) is 5.22. The number of hydrogen-bond acceptors (Lipinski definition) is 0. The van der Waals surface area contributed by atoms with Gasteiger partial charge in [-0.2, -0.15) is 0 Å². The van der Waals surface area contributed by atoms with Crippen LogP contribution in [0.5, 0.6) is 0 Å². The number of benzene rings is 4. The summed E-state index contributed by atoms with van der Waals surface area (Å²) in [4.78, 5) is 0. The van der Waals surface area contributed by atoms with Crippen molar-refractivity contribution in [2.45, 2.75) is 26.2 Å². The van der Waals surface area contributed by atoms with E-state index in [1.165, 1.54) is 36.1 Å². The van der Waals surface area contributed by atoms with Crippen molar-refractivity contribution in [1.82, 2.24) is 0 Å². The fraction of sp³-hybridized carbons (Fsp3) is 0.143. The summed E-state index contributed by atoms with van der Waals surface area (Å²) in [6.45, 7) is 2.21. The van der Waals surface area contributed by atoms with Gasteiger partial charge in [-0.3, -0.25) is 0 Å². The lowest BCUT2D eigenvalue weighted by Gasteiger charge is -2.04. The van der Waals surface area contributed by atoms with E-state index in [4.69, 9.17) is 0 Å². The molecule has 0 saturated carbocycles. The Bertz CT molecular complexity index is 1220. The number of unbranched alkanes of at least 4 members (excludes halogenated alkanes) is 1. The molecular formula is C28H22F2. The number of hydrogen-bond donors (Lipinski definition) is 0. The van der Waals surface area contributed by atoms with Gasteiger partial charge in [-0.1, -0.05) is 67.6 Å². The fourth-order valence-electron chi connectivity index (χ4n) is 3.46. The third kappa shape index (κ3) is 4.58. The van der Waals surface area contributed by atoms with Crippen LogP contribution in [0.4, 0.5) is 8.78 Å². The zero-order chi connectivity index (χ0) is 20.9. The molecule has 0 radical (unpaired) electrons. The normalized spacial score (nSPS) is 10.6. The molecule has 0 aliphatic heterocycles. The van der Waals surface area contributed by atoms with Crippen molar-refractivity contribution < 1.29 is 8.78 Å². The molecule has 0 saturated heterocycles. The number of aryl methyl sites for hydroxylation is 1. The zero-order valence-electron chi connectivity index (χ0n) is 16.9. The second-order valence-corrected chi connectivity index (χ2v) is 7.46. The molecule has 0 spiro atoms. The highest BCUT2D eigenvalue weighted by molar-refractivity contribution is 5.84. The number of rotatable bonds is 4. The van der Waals surface area contributed by atoms with Gasteiger partial charge in [0.25, 0.3) is 0 Å². The largest absolute Gasteiger partial charge is 0.204 e. The first kappa shape index (κ1) is 19.9. The minimum Gasteiger partial charge on any atom is -0.204 e. The minimum atomic E-state index is -0.846. The summed E-state index contributed by atoms with van der Waals surface area (Å²) in [5, 5.41) is 1.29. The van der Waals surface area contributed by atoms with Gasteiger partial charge in [0.05, 0.1) is 0 Å². The second kappa shape index (κ2) is 8.93. The van der Waals surface area contributed by atoms with Crippen molar-refractivity contribution in [2.24, 2.45) is 0 Å². The number of halogens is 2. The van der Waals surface area contributed by atoms with Crippen LogP contribution in [0.2, 0.25) is 0 Å². The SMILES string of the molecule is CCCCc1ccc(-c2ccc(C#Cc3ccc4cc(F)c(F)cc4c3)cc2)cc1. The van der Waals surface area contributed by atoms with Crippen LogP contribution < -0.4 is 0 Å². The molecule has 0 bridgehead atoms. The lowest BCUT2D eigenvalue weighted by atomic mass is 10.0. The quantitative estimate of drug-likeness (QED) is 0.313. The second-order valence-electron chi connectivity index (χ2n) is 7.46. The molecule has 148 valence electrons. The lowest BCUT2D eigenvalue weighted by Crippen LogP contribution is -1.86. The average molecular weight is 396 g/mol. The number of fused-ring (bicyclic) bond motifs is 1. The predicted molar refractivity (Wildman–Crippen MR) is 120 cm³/mol. The van der Waals surface area contributed by atoms with Gasteiger partial charge in [0, 0.05) is 11.1 Å². The van der Waals surface area contributed by atoms with E-state index in [1.54, 1.807) is 12.1 Å². The van der Waals surface area contributed by atoms with Crippen molar-refractivity contribution in [3.05, 3.63) is 107 Å². The molecule has 4 aromatic rings. The standard InChI is InChI=1S/C28H22F2/c1-2-3-4-20-7-12-23(13-8-20)24-14-9-21(10-15-24)5-6-22-11-16-25-18-27(29)28(30)19-26(25)17-22/h7-19H,2-4H2,1H3. The van der Waals surface area contributed by atoms with E-state index in [0.717, 1.165) is 23.1 Å². The van der Waals surface area contributed by atoms with Crippen LogP contribution in [-0.4, -0.2) is 0 Å². The summed E-state index contributed by atoms with van der Waals surface area (Å²) in [6.07, 6.45) is 3.55. The minimum absolute atomic E-state index is 0.637. The summed E-state index contributed by atoms with van der Waals surface area (Å²) in [6, 6.07) is 24.7. The van der Waals surface area contributed by atoms with Gasteiger partial charge in [-0.25, -0.2) is 8.78 Å². The Labute approximate surface area is 176 Å². The van der Waals surface area contributed by atoms with Crippen LogP contribution in [0.1, 0.15) is 36.5 Å². The zero-order valence-corrected chi connectivity index (χ0v) is 16.9. The summed E-state index contributed by atoms with van der Waals surface area (Å²) in [7, 11) is 0. The van der Waals surface area contributed by atoms with Gasteiger partial charge in [0.15, 0.2) is 11.6 Å². The Kier molecular flexibility index (Phi) is 5.91. The van der Waals surface area contributed by atoms with E-state index < -0.39 is 11.6 Å². The summed E-state index contributed by atoms with van der Waals surface area (Å²) in [5.74, 6) is 4.57. The molecule has 0 amide bonds. The molecule has 4 aromatic carbocycles. The van der Waals surface area contributed by atoms with E-state index in [2.05, 4.69) is 55.2 Å². The Hall–Kier alpha value is -3.44. The molecule has 0 nitrogen and oxygen atoms in total. The van der Waals surface area contributed by atoms with Crippen molar-refractivity contribution in [1.29, 1.82) is 0 Å².